The van der Waals surface area contributed by atoms with Crippen LogP contribution in [0.25, 0.3) is 11.1 Å². The molecular formula is C26H23ClFN3O3. The molecule has 0 bridgehead atoms. The highest BCUT2D eigenvalue weighted by atomic mass is 35.5. The van der Waals surface area contributed by atoms with Gasteiger partial charge in [-0.15, -0.1) is 0 Å². The Morgan fingerprint density at radius 2 is 1.71 bits per heavy atom. The third-order valence-electron chi connectivity index (χ3n) is 6.28. The minimum atomic E-state index is -0.478. The topological polar surface area (TPSA) is 58.7 Å². The highest BCUT2D eigenvalue weighted by Gasteiger charge is 2.23. The van der Waals surface area contributed by atoms with Gasteiger partial charge in [-0.3, -0.25) is 14.3 Å². The third-order valence-corrected chi connectivity index (χ3v) is 6.61. The number of hydrogen-bond acceptors (Lipinski definition) is 5. The maximum Gasteiger partial charge on any atom is 0.421 e. The fraction of sp³-hybridized carbons (Fsp3) is 0.231. The Kier molecular flexibility index (Phi) is 5.98. The lowest BCUT2D eigenvalue weighted by atomic mass is 9.98. The van der Waals surface area contributed by atoms with Crippen LogP contribution >= 0.6 is 11.6 Å². The maximum absolute atomic E-state index is 14.1. The summed E-state index contributed by atoms with van der Waals surface area (Å²) in [5.74, 6) is -0.927. The lowest BCUT2D eigenvalue weighted by molar-refractivity contribution is 0.103. The fourth-order valence-corrected chi connectivity index (χ4v) is 4.64. The van der Waals surface area contributed by atoms with E-state index in [0.717, 1.165) is 5.56 Å². The van der Waals surface area contributed by atoms with E-state index in [9.17, 15) is 14.0 Å². The number of para-hydroxylation sites is 1. The van der Waals surface area contributed by atoms with E-state index in [1.165, 1.54) is 6.07 Å². The average Bonchev–Trinajstić information content (AvgIpc) is 3.13. The molecule has 6 nitrogen and oxygen atoms in total. The molecule has 1 aromatic heterocycles. The second kappa shape index (κ2) is 9.08. The Labute approximate surface area is 200 Å². The van der Waals surface area contributed by atoms with Gasteiger partial charge in [0.2, 0.25) is 0 Å². The minimum absolute atomic E-state index is 0.218. The summed E-state index contributed by atoms with van der Waals surface area (Å²) < 4.78 is 21.2. The SMILES string of the molecule is Cc1cc2c(cc1C(=O)c1ccccc1Cl)oc(=O)n2CN1CCN(c2ccccc2F)CC1. The number of hydrogen-bond donors (Lipinski definition) is 0. The molecule has 0 unspecified atom stereocenters. The molecule has 0 radical (unpaired) electrons. The van der Waals surface area contributed by atoms with E-state index in [0.29, 0.717) is 65.8 Å². The van der Waals surface area contributed by atoms with Gasteiger partial charge in [0.05, 0.1) is 22.9 Å². The van der Waals surface area contributed by atoms with Gasteiger partial charge < -0.3 is 9.32 Å². The van der Waals surface area contributed by atoms with Crippen LogP contribution in [-0.4, -0.2) is 41.4 Å². The standard InChI is InChI=1S/C26H23ClFN3O3/c1-17-14-23-24(15-19(17)25(32)18-6-2-3-7-20(18)27)34-26(33)31(23)16-29-10-12-30(13-11-29)22-9-5-4-8-21(22)28/h2-9,14-15H,10-13,16H2,1H3. The number of carbonyl (C=O) groups is 1. The average molecular weight is 480 g/mol. The predicted octanol–water partition coefficient (Wildman–Crippen LogP) is 4.71. The lowest BCUT2D eigenvalue weighted by Gasteiger charge is -2.36. The summed E-state index contributed by atoms with van der Waals surface area (Å²) in [5, 5.41) is 0.376. The van der Waals surface area contributed by atoms with Crippen LogP contribution in [0, 0.1) is 12.7 Å². The molecule has 3 aromatic carbocycles. The molecule has 8 heteroatoms. The molecular weight excluding hydrogens is 457 g/mol. The molecule has 0 N–H and O–H groups in total. The molecule has 34 heavy (non-hydrogen) atoms. The molecule has 0 saturated carbocycles. The number of aromatic nitrogens is 1. The molecule has 0 atom stereocenters. The van der Waals surface area contributed by atoms with Crippen molar-refractivity contribution in [3.8, 4) is 0 Å². The fourth-order valence-electron chi connectivity index (χ4n) is 4.42. The van der Waals surface area contributed by atoms with Crippen LogP contribution in [0.5, 0.6) is 0 Å². The highest BCUT2D eigenvalue weighted by Crippen LogP contribution is 2.25. The zero-order chi connectivity index (χ0) is 23.8. The van der Waals surface area contributed by atoms with Gasteiger partial charge in [0.25, 0.3) is 0 Å². The van der Waals surface area contributed by atoms with Gasteiger partial charge in [-0.25, -0.2) is 9.18 Å². The summed E-state index contributed by atoms with van der Waals surface area (Å²) in [4.78, 5) is 29.9. The van der Waals surface area contributed by atoms with E-state index >= 15 is 0 Å². The number of nitrogens with zero attached hydrogens (tertiary/aromatic N) is 3. The minimum Gasteiger partial charge on any atom is -0.408 e. The molecule has 1 saturated heterocycles. The first-order valence-electron chi connectivity index (χ1n) is 11.1. The lowest BCUT2D eigenvalue weighted by Crippen LogP contribution is -2.47. The molecule has 1 fully saturated rings. The van der Waals surface area contributed by atoms with Gasteiger partial charge >= 0.3 is 5.76 Å². The van der Waals surface area contributed by atoms with Gasteiger partial charge in [-0.05, 0) is 48.9 Å². The summed E-state index contributed by atoms with van der Waals surface area (Å²) in [5.41, 5.74) is 3.17. The Hall–Kier alpha value is -3.42. The van der Waals surface area contributed by atoms with E-state index in [2.05, 4.69) is 4.90 Å². The summed E-state index contributed by atoms with van der Waals surface area (Å²) >= 11 is 6.21. The van der Waals surface area contributed by atoms with Crippen molar-refractivity contribution in [3.63, 3.8) is 0 Å². The van der Waals surface area contributed by atoms with Crippen molar-refractivity contribution in [2.24, 2.45) is 0 Å². The van der Waals surface area contributed by atoms with Crippen molar-refractivity contribution >= 4 is 34.2 Å². The maximum atomic E-state index is 14.1. The first-order valence-corrected chi connectivity index (χ1v) is 11.5. The molecule has 1 aliphatic heterocycles. The second-order valence-corrected chi connectivity index (χ2v) is 8.84. The monoisotopic (exact) mass is 479 g/mol. The van der Waals surface area contributed by atoms with Gasteiger partial charge in [-0.1, -0.05) is 35.9 Å². The van der Waals surface area contributed by atoms with Crippen LogP contribution < -0.4 is 10.7 Å². The number of carbonyl (C=O) groups excluding carboxylic acids is 1. The molecule has 5 rings (SSSR count). The second-order valence-electron chi connectivity index (χ2n) is 8.44. The number of fused-ring (bicyclic) bond motifs is 1. The van der Waals surface area contributed by atoms with Crippen LogP contribution in [0.3, 0.4) is 0 Å². The number of ketones is 1. The van der Waals surface area contributed by atoms with Crippen molar-refractivity contribution in [2.45, 2.75) is 13.6 Å². The number of piperazine rings is 1. The first kappa shape index (κ1) is 22.4. The molecule has 174 valence electrons. The molecule has 0 aliphatic carbocycles. The van der Waals surface area contributed by atoms with Crippen LogP contribution in [0.15, 0.2) is 69.9 Å². The molecule has 0 amide bonds. The Morgan fingerprint density at radius 3 is 2.44 bits per heavy atom. The van der Waals surface area contributed by atoms with Gasteiger partial charge in [0.15, 0.2) is 11.4 Å². The zero-order valence-corrected chi connectivity index (χ0v) is 19.4. The third kappa shape index (κ3) is 4.13. The number of rotatable bonds is 5. The van der Waals surface area contributed by atoms with E-state index < -0.39 is 5.76 Å². The van der Waals surface area contributed by atoms with Crippen molar-refractivity contribution in [2.75, 3.05) is 31.1 Å². The van der Waals surface area contributed by atoms with Crippen molar-refractivity contribution < 1.29 is 13.6 Å². The van der Waals surface area contributed by atoms with E-state index in [4.69, 9.17) is 16.0 Å². The van der Waals surface area contributed by atoms with Gasteiger partial charge in [-0.2, -0.15) is 0 Å². The van der Waals surface area contributed by atoms with Crippen LogP contribution in [0.2, 0.25) is 5.02 Å². The van der Waals surface area contributed by atoms with Gasteiger partial charge in [0.1, 0.15) is 5.82 Å². The van der Waals surface area contributed by atoms with Gasteiger partial charge in [0, 0.05) is 37.3 Å². The first-order chi connectivity index (χ1) is 16.4. The van der Waals surface area contributed by atoms with Crippen LogP contribution in [-0.2, 0) is 6.67 Å². The van der Waals surface area contributed by atoms with E-state index in [-0.39, 0.29) is 11.6 Å². The molecule has 1 aliphatic rings. The van der Waals surface area contributed by atoms with Crippen molar-refractivity contribution in [1.29, 1.82) is 0 Å². The Bertz CT molecular complexity index is 1440. The number of oxazole rings is 1. The highest BCUT2D eigenvalue weighted by molar-refractivity contribution is 6.35. The quantitative estimate of drug-likeness (QED) is 0.388. The molecule has 0 spiro atoms. The summed E-state index contributed by atoms with van der Waals surface area (Å²) in [6.07, 6.45) is 0. The summed E-state index contributed by atoms with van der Waals surface area (Å²) in [6.45, 7) is 4.85. The Balaban J connectivity index is 1.37. The zero-order valence-electron chi connectivity index (χ0n) is 18.6. The van der Waals surface area contributed by atoms with Crippen LogP contribution in [0.4, 0.5) is 10.1 Å². The number of halogens is 2. The van der Waals surface area contributed by atoms with E-state index in [1.54, 1.807) is 53.1 Å². The largest absolute Gasteiger partial charge is 0.421 e. The summed E-state index contributed by atoms with van der Waals surface area (Å²) in [6, 6.07) is 17.1. The smallest absolute Gasteiger partial charge is 0.408 e. The van der Waals surface area contributed by atoms with Crippen molar-refractivity contribution in [3.05, 3.63) is 98.7 Å². The number of benzene rings is 3. The number of aryl methyl sites for hydroxylation is 1. The summed E-state index contributed by atoms with van der Waals surface area (Å²) in [7, 11) is 0. The Morgan fingerprint density at radius 1 is 1.00 bits per heavy atom. The number of anilines is 1. The predicted molar refractivity (Wildman–Crippen MR) is 130 cm³/mol. The molecule has 4 aromatic rings. The normalized spacial score (nSPS) is 14.6. The van der Waals surface area contributed by atoms with Crippen LogP contribution in [0.1, 0.15) is 21.5 Å². The molecule has 2 heterocycles. The van der Waals surface area contributed by atoms with E-state index in [1.807, 2.05) is 17.9 Å². The van der Waals surface area contributed by atoms with Crippen molar-refractivity contribution in [1.82, 2.24) is 9.47 Å².